The second-order valence-corrected chi connectivity index (χ2v) is 10.0. The van der Waals surface area contributed by atoms with Crippen molar-refractivity contribution < 1.29 is 31.2 Å². The third-order valence-electron chi connectivity index (χ3n) is 5.27. The summed E-state index contributed by atoms with van der Waals surface area (Å²) in [6.45, 7) is 4.00. The van der Waals surface area contributed by atoms with E-state index in [4.69, 9.17) is 5.14 Å². The highest BCUT2D eigenvalue weighted by molar-refractivity contribution is 7.89. The van der Waals surface area contributed by atoms with Crippen LogP contribution >= 0.6 is 0 Å². The fourth-order valence-electron chi connectivity index (χ4n) is 3.30. The van der Waals surface area contributed by atoms with Crippen LogP contribution in [0.2, 0.25) is 0 Å². The van der Waals surface area contributed by atoms with Gasteiger partial charge >= 0.3 is 6.18 Å². The second kappa shape index (κ2) is 11.0. The van der Waals surface area contributed by atoms with Gasteiger partial charge < -0.3 is 10.6 Å². The van der Waals surface area contributed by atoms with Gasteiger partial charge in [-0.05, 0) is 59.5 Å². The lowest BCUT2D eigenvalue weighted by Crippen LogP contribution is -2.25. The van der Waals surface area contributed by atoms with Gasteiger partial charge in [0.05, 0.1) is 10.5 Å². The van der Waals surface area contributed by atoms with Crippen LogP contribution in [0.15, 0.2) is 83.3 Å². The first-order chi connectivity index (χ1) is 17.2. The minimum atomic E-state index is -4.62. The van der Waals surface area contributed by atoms with Crippen LogP contribution in [0.25, 0.3) is 6.08 Å². The van der Waals surface area contributed by atoms with Gasteiger partial charge in [-0.15, -0.1) is 0 Å². The standard InChI is InChI=1S/C26H24F3N3O4S/c1-16(2)18-11-9-17(10-12-18)13-23(24(33)31-20-6-3-5-19(14-20)26(27,28)29)25(34)32-21-7-4-8-22(15-21)37(30,35)36/h3-16H,1-2H3,(H,31,33)(H,32,34)(H2,30,35,36). The molecule has 0 aliphatic rings. The predicted octanol–water partition coefficient (Wildman–Crippen LogP) is 5.14. The van der Waals surface area contributed by atoms with Crippen molar-refractivity contribution in [3.63, 3.8) is 0 Å². The van der Waals surface area contributed by atoms with Gasteiger partial charge in [-0.2, -0.15) is 13.2 Å². The first-order valence-electron chi connectivity index (χ1n) is 11.0. The zero-order chi connectivity index (χ0) is 27.4. The van der Waals surface area contributed by atoms with E-state index >= 15 is 0 Å². The van der Waals surface area contributed by atoms with E-state index in [2.05, 4.69) is 10.6 Å². The molecule has 3 aromatic rings. The Hall–Kier alpha value is -3.96. The molecule has 3 aromatic carbocycles. The molecule has 11 heteroatoms. The number of benzene rings is 3. The highest BCUT2D eigenvalue weighted by atomic mass is 32.2. The Morgan fingerprint density at radius 3 is 1.92 bits per heavy atom. The Morgan fingerprint density at radius 1 is 0.865 bits per heavy atom. The molecule has 3 rings (SSSR count). The van der Waals surface area contributed by atoms with E-state index in [1.165, 1.54) is 30.3 Å². The summed E-state index contributed by atoms with van der Waals surface area (Å²) in [5.74, 6) is -1.63. The van der Waals surface area contributed by atoms with E-state index in [-0.39, 0.29) is 22.2 Å². The number of carbonyl (C=O) groups is 2. The lowest BCUT2D eigenvalue weighted by Gasteiger charge is -2.13. The average Bonchev–Trinajstić information content (AvgIpc) is 2.82. The summed E-state index contributed by atoms with van der Waals surface area (Å²) in [6.07, 6.45) is -3.34. The van der Waals surface area contributed by atoms with Gasteiger partial charge in [0.1, 0.15) is 5.57 Å². The lowest BCUT2D eigenvalue weighted by molar-refractivity contribution is -0.137. The number of anilines is 2. The number of sulfonamides is 1. The molecular weight excluding hydrogens is 507 g/mol. The third kappa shape index (κ3) is 7.51. The van der Waals surface area contributed by atoms with Gasteiger partial charge in [0, 0.05) is 11.4 Å². The largest absolute Gasteiger partial charge is 0.416 e. The van der Waals surface area contributed by atoms with Crippen LogP contribution in [0.1, 0.15) is 36.5 Å². The van der Waals surface area contributed by atoms with Gasteiger partial charge in [0.2, 0.25) is 10.0 Å². The smallest absolute Gasteiger partial charge is 0.322 e. The molecule has 0 radical (unpaired) electrons. The molecule has 0 heterocycles. The topological polar surface area (TPSA) is 118 Å². The van der Waals surface area contributed by atoms with Crippen LogP contribution in [-0.4, -0.2) is 20.2 Å². The van der Waals surface area contributed by atoms with E-state index < -0.39 is 39.2 Å². The van der Waals surface area contributed by atoms with Gasteiger partial charge in [0.15, 0.2) is 0 Å². The number of halogens is 3. The summed E-state index contributed by atoms with van der Waals surface area (Å²) < 4.78 is 62.5. The SMILES string of the molecule is CC(C)c1ccc(C=C(C(=O)Nc2cccc(C(F)(F)F)c2)C(=O)Nc2cccc(S(N)(=O)=O)c2)cc1. The van der Waals surface area contributed by atoms with E-state index in [0.717, 1.165) is 29.8 Å². The molecule has 0 aliphatic carbocycles. The Bertz CT molecular complexity index is 1450. The van der Waals surface area contributed by atoms with Crippen LogP contribution in [0.3, 0.4) is 0 Å². The van der Waals surface area contributed by atoms with Crippen LogP contribution in [-0.2, 0) is 25.8 Å². The number of amides is 2. The molecule has 0 atom stereocenters. The van der Waals surface area contributed by atoms with Crippen molar-refractivity contribution in [1.82, 2.24) is 0 Å². The molecule has 0 fully saturated rings. The van der Waals surface area contributed by atoms with Crippen LogP contribution < -0.4 is 15.8 Å². The Balaban J connectivity index is 1.96. The number of nitrogens with two attached hydrogens (primary N) is 1. The number of nitrogens with one attached hydrogen (secondary N) is 2. The zero-order valence-corrected chi connectivity index (χ0v) is 20.7. The van der Waals surface area contributed by atoms with Crippen molar-refractivity contribution in [3.05, 3.63) is 95.1 Å². The molecule has 2 amide bonds. The highest BCUT2D eigenvalue weighted by Gasteiger charge is 2.30. The highest BCUT2D eigenvalue weighted by Crippen LogP contribution is 2.31. The molecule has 7 nitrogen and oxygen atoms in total. The van der Waals surface area contributed by atoms with E-state index in [1.54, 1.807) is 12.1 Å². The maximum Gasteiger partial charge on any atom is 0.416 e. The van der Waals surface area contributed by atoms with Gasteiger partial charge in [-0.25, -0.2) is 13.6 Å². The summed E-state index contributed by atoms with van der Waals surface area (Å²) in [7, 11) is -4.05. The second-order valence-electron chi connectivity index (χ2n) is 8.44. The van der Waals surface area contributed by atoms with Crippen molar-refractivity contribution >= 4 is 39.3 Å². The zero-order valence-electron chi connectivity index (χ0n) is 19.8. The molecule has 0 saturated heterocycles. The van der Waals surface area contributed by atoms with Crippen LogP contribution in [0.4, 0.5) is 24.5 Å². The third-order valence-corrected chi connectivity index (χ3v) is 6.18. The van der Waals surface area contributed by atoms with Gasteiger partial charge in [-0.1, -0.05) is 50.2 Å². The van der Waals surface area contributed by atoms with Crippen LogP contribution in [0.5, 0.6) is 0 Å². The van der Waals surface area contributed by atoms with Crippen LogP contribution in [0, 0.1) is 0 Å². The molecule has 0 saturated carbocycles. The summed E-state index contributed by atoms with van der Waals surface area (Å²) >= 11 is 0. The first-order valence-corrected chi connectivity index (χ1v) is 12.5. The lowest BCUT2D eigenvalue weighted by atomic mass is 10.0. The number of hydrogen-bond donors (Lipinski definition) is 3. The summed E-state index contributed by atoms with van der Waals surface area (Å²) in [5.41, 5.74) is 0.0119. The number of rotatable bonds is 7. The minimum absolute atomic E-state index is 0.0458. The maximum absolute atomic E-state index is 13.1. The number of carbonyl (C=O) groups excluding carboxylic acids is 2. The normalized spacial score (nSPS) is 12.4. The molecule has 0 spiro atoms. The summed E-state index contributed by atoms with van der Waals surface area (Å²) in [6, 6.07) is 16.1. The van der Waals surface area contributed by atoms with E-state index in [0.29, 0.717) is 5.56 Å². The van der Waals surface area contributed by atoms with Gasteiger partial charge in [-0.3, -0.25) is 9.59 Å². The van der Waals surface area contributed by atoms with Crippen molar-refractivity contribution in [2.24, 2.45) is 5.14 Å². The molecule has 194 valence electrons. The first kappa shape index (κ1) is 27.6. The molecule has 0 aliphatic heterocycles. The average molecular weight is 532 g/mol. The monoisotopic (exact) mass is 531 g/mol. The molecule has 4 N–H and O–H groups in total. The van der Waals surface area contributed by atoms with Crippen molar-refractivity contribution in [2.45, 2.75) is 30.8 Å². The Kier molecular flexibility index (Phi) is 8.19. The molecule has 0 aromatic heterocycles. The molecular formula is C26H24F3N3O4S. The van der Waals surface area contributed by atoms with E-state index in [9.17, 15) is 31.2 Å². The maximum atomic E-state index is 13.1. The fourth-order valence-corrected chi connectivity index (χ4v) is 3.86. The predicted molar refractivity (Wildman–Crippen MR) is 135 cm³/mol. The Labute approximate surface area is 212 Å². The fraction of sp³-hybridized carbons (Fsp3) is 0.154. The molecule has 0 unspecified atom stereocenters. The minimum Gasteiger partial charge on any atom is -0.322 e. The summed E-state index contributed by atoms with van der Waals surface area (Å²) in [4.78, 5) is 25.9. The quantitative estimate of drug-likeness (QED) is 0.222. The van der Waals surface area contributed by atoms with Crippen molar-refractivity contribution in [1.29, 1.82) is 0 Å². The van der Waals surface area contributed by atoms with Gasteiger partial charge in [0.25, 0.3) is 11.8 Å². The Morgan fingerprint density at radius 2 is 1.41 bits per heavy atom. The number of hydrogen-bond acceptors (Lipinski definition) is 4. The number of primary sulfonamides is 1. The molecule has 37 heavy (non-hydrogen) atoms. The van der Waals surface area contributed by atoms with Crippen molar-refractivity contribution in [2.75, 3.05) is 10.6 Å². The molecule has 0 bridgehead atoms. The van der Waals surface area contributed by atoms with E-state index in [1.807, 2.05) is 26.0 Å². The number of alkyl halides is 3. The van der Waals surface area contributed by atoms with Crippen molar-refractivity contribution in [3.8, 4) is 0 Å². The summed E-state index contributed by atoms with van der Waals surface area (Å²) in [5, 5.41) is 9.89.